The van der Waals surface area contributed by atoms with E-state index in [4.69, 9.17) is 9.47 Å². The largest absolute Gasteiger partial charge is 0.446 e. The molecule has 0 radical (unpaired) electrons. The third kappa shape index (κ3) is 2.02. The van der Waals surface area contributed by atoms with E-state index >= 15 is 0 Å². The number of anilines is 1. The highest BCUT2D eigenvalue weighted by Gasteiger charge is 2.67. The Balaban J connectivity index is 1.23. The first kappa shape index (κ1) is 13.4. The summed E-state index contributed by atoms with van der Waals surface area (Å²) in [7, 11) is 0. The van der Waals surface area contributed by atoms with E-state index in [1.54, 1.807) is 0 Å². The summed E-state index contributed by atoms with van der Waals surface area (Å²) in [6, 6.07) is 7.57. The number of epoxide rings is 1. The molecule has 1 amide bonds. The Morgan fingerprint density at radius 2 is 2.18 bits per heavy atom. The molecule has 1 aromatic carbocycles. The van der Waals surface area contributed by atoms with E-state index in [-0.39, 0.29) is 12.2 Å². The minimum atomic E-state index is -0.327. The Bertz CT molecular complexity index is 636. The summed E-state index contributed by atoms with van der Waals surface area (Å²) in [6.07, 6.45) is 4.25. The third-order valence-electron chi connectivity index (χ3n) is 6.01. The number of ether oxygens (including phenoxy) is 2. The van der Waals surface area contributed by atoms with Gasteiger partial charge in [0.15, 0.2) is 0 Å². The maximum absolute atomic E-state index is 12.1. The number of hydrogen-bond donors (Lipinski definition) is 1. The first-order valence-corrected chi connectivity index (χ1v) is 8.87. The van der Waals surface area contributed by atoms with Crippen LogP contribution in [-0.4, -0.2) is 24.4 Å². The maximum Gasteiger partial charge on any atom is 0.411 e. The SMILES string of the molecule is O=C(Nc1cccc(Br)c1)O[C@@H]1C[C@H]2C[C@H]1[C@@H]1C[C@@H]3O[C@@H]3[C@H]21. The molecule has 0 spiro atoms. The molecule has 1 saturated heterocycles. The molecule has 4 nitrogen and oxygen atoms in total. The predicted molar refractivity (Wildman–Crippen MR) is 84.5 cm³/mol. The highest BCUT2D eigenvalue weighted by Crippen LogP contribution is 2.64. The molecule has 7 atom stereocenters. The number of nitrogens with one attached hydrogen (secondary N) is 1. The van der Waals surface area contributed by atoms with E-state index in [0.29, 0.717) is 24.0 Å². The van der Waals surface area contributed by atoms with Gasteiger partial charge in [-0.25, -0.2) is 4.79 Å². The normalized spacial score (nSPS) is 43.6. The molecule has 2 bridgehead atoms. The second-order valence-electron chi connectivity index (χ2n) is 7.09. The van der Waals surface area contributed by atoms with E-state index in [0.717, 1.165) is 28.4 Å². The Labute approximate surface area is 137 Å². The Morgan fingerprint density at radius 3 is 3.05 bits per heavy atom. The quantitative estimate of drug-likeness (QED) is 0.812. The van der Waals surface area contributed by atoms with Gasteiger partial charge in [0.1, 0.15) is 6.10 Å². The van der Waals surface area contributed by atoms with Crippen molar-refractivity contribution in [2.75, 3.05) is 5.32 Å². The van der Waals surface area contributed by atoms with Crippen LogP contribution in [0.15, 0.2) is 28.7 Å². The summed E-state index contributed by atoms with van der Waals surface area (Å²) in [5.74, 6) is 2.74. The van der Waals surface area contributed by atoms with Crippen molar-refractivity contribution in [3.8, 4) is 0 Å². The minimum absolute atomic E-state index is 0.0934. The molecular formula is C17H18BrNO3. The lowest BCUT2D eigenvalue weighted by atomic mass is 9.79. The molecule has 0 unspecified atom stereocenters. The van der Waals surface area contributed by atoms with Crippen LogP contribution < -0.4 is 5.32 Å². The molecule has 4 fully saturated rings. The van der Waals surface area contributed by atoms with Crippen molar-refractivity contribution in [3.63, 3.8) is 0 Å². The number of carbonyl (C=O) groups is 1. The molecule has 4 aliphatic rings. The van der Waals surface area contributed by atoms with Crippen LogP contribution in [0.1, 0.15) is 19.3 Å². The van der Waals surface area contributed by atoms with Crippen molar-refractivity contribution < 1.29 is 14.3 Å². The van der Waals surface area contributed by atoms with Crippen LogP contribution in [0.25, 0.3) is 0 Å². The van der Waals surface area contributed by atoms with Crippen molar-refractivity contribution in [1.29, 1.82) is 0 Å². The van der Waals surface area contributed by atoms with Crippen LogP contribution in [0.5, 0.6) is 0 Å². The van der Waals surface area contributed by atoms with Crippen LogP contribution in [-0.2, 0) is 9.47 Å². The Morgan fingerprint density at radius 1 is 1.27 bits per heavy atom. The molecule has 1 heterocycles. The lowest BCUT2D eigenvalue weighted by Gasteiger charge is -2.32. The second-order valence-corrected chi connectivity index (χ2v) is 8.01. The maximum atomic E-state index is 12.1. The van der Waals surface area contributed by atoms with Gasteiger partial charge in [-0.05, 0) is 61.1 Å². The van der Waals surface area contributed by atoms with Crippen molar-refractivity contribution in [2.45, 2.75) is 37.6 Å². The molecule has 116 valence electrons. The molecule has 1 N–H and O–H groups in total. The third-order valence-corrected chi connectivity index (χ3v) is 6.50. The molecule has 1 aromatic rings. The van der Waals surface area contributed by atoms with Crippen molar-refractivity contribution in [3.05, 3.63) is 28.7 Å². The number of fused-ring (bicyclic) bond motifs is 7. The van der Waals surface area contributed by atoms with Gasteiger partial charge >= 0.3 is 6.09 Å². The van der Waals surface area contributed by atoms with Crippen molar-refractivity contribution in [1.82, 2.24) is 0 Å². The standard InChI is InChI=1S/C17H18BrNO3/c18-9-2-1-3-10(6-9)19-17(20)22-13-5-8-4-11(13)12-7-14-16(21-14)15(8)12/h1-3,6,8,11-16H,4-5,7H2,(H,19,20)/t8-,11+,12+,13-,14+,15-,16+/m1/s1. The first-order valence-electron chi connectivity index (χ1n) is 8.08. The van der Waals surface area contributed by atoms with Gasteiger partial charge in [0.2, 0.25) is 0 Å². The van der Waals surface area contributed by atoms with E-state index in [1.807, 2.05) is 24.3 Å². The zero-order valence-corrected chi connectivity index (χ0v) is 13.7. The monoisotopic (exact) mass is 363 g/mol. The van der Waals surface area contributed by atoms with Crippen molar-refractivity contribution in [2.24, 2.45) is 23.7 Å². The molecule has 5 heteroatoms. The number of rotatable bonds is 2. The second kappa shape index (κ2) is 4.71. The summed E-state index contributed by atoms with van der Waals surface area (Å²) in [4.78, 5) is 12.1. The van der Waals surface area contributed by atoms with Gasteiger partial charge in [-0.2, -0.15) is 0 Å². The summed E-state index contributed by atoms with van der Waals surface area (Å²) in [6.45, 7) is 0. The zero-order valence-electron chi connectivity index (χ0n) is 12.1. The van der Waals surface area contributed by atoms with E-state index in [1.165, 1.54) is 12.8 Å². The average molecular weight is 364 g/mol. The number of amides is 1. The molecule has 1 aliphatic heterocycles. The lowest BCUT2D eigenvalue weighted by molar-refractivity contribution is 0.0251. The van der Waals surface area contributed by atoms with Gasteiger partial charge in [-0.1, -0.05) is 22.0 Å². The zero-order chi connectivity index (χ0) is 14.8. The fourth-order valence-corrected chi connectivity index (χ4v) is 5.65. The number of carbonyl (C=O) groups excluding carboxylic acids is 1. The van der Waals surface area contributed by atoms with Gasteiger partial charge in [0, 0.05) is 10.2 Å². The van der Waals surface area contributed by atoms with E-state index < -0.39 is 0 Å². The van der Waals surface area contributed by atoms with Gasteiger partial charge in [0.05, 0.1) is 12.2 Å². The van der Waals surface area contributed by atoms with Crippen molar-refractivity contribution >= 4 is 27.7 Å². The van der Waals surface area contributed by atoms with Crippen LogP contribution in [0, 0.1) is 23.7 Å². The average Bonchev–Trinajstić information content (AvgIpc) is 2.82. The lowest BCUT2D eigenvalue weighted by Crippen LogP contribution is -2.35. The summed E-state index contributed by atoms with van der Waals surface area (Å²) < 4.78 is 12.4. The summed E-state index contributed by atoms with van der Waals surface area (Å²) >= 11 is 3.40. The summed E-state index contributed by atoms with van der Waals surface area (Å²) in [5.41, 5.74) is 0.760. The highest BCUT2D eigenvalue weighted by atomic mass is 79.9. The minimum Gasteiger partial charge on any atom is -0.446 e. The first-order chi connectivity index (χ1) is 10.7. The molecule has 3 saturated carbocycles. The molecule has 5 rings (SSSR count). The van der Waals surface area contributed by atoms with Gasteiger partial charge in [0.25, 0.3) is 0 Å². The molecule has 22 heavy (non-hydrogen) atoms. The fourth-order valence-electron chi connectivity index (χ4n) is 5.25. The highest BCUT2D eigenvalue weighted by molar-refractivity contribution is 9.10. The van der Waals surface area contributed by atoms with Gasteiger partial charge in [-0.3, -0.25) is 5.32 Å². The smallest absolute Gasteiger partial charge is 0.411 e. The number of halogens is 1. The molecular weight excluding hydrogens is 346 g/mol. The Kier molecular flexibility index (Phi) is 2.87. The summed E-state index contributed by atoms with van der Waals surface area (Å²) in [5, 5.41) is 2.83. The van der Waals surface area contributed by atoms with E-state index in [2.05, 4.69) is 21.2 Å². The molecule has 0 aromatic heterocycles. The van der Waals surface area contributed by atoms with E-state index in [9.17, 15) is 4.79 Å². The predicted octanol–water partition coefficient (Wildman–Crippen LogP) is 3.81. The Hall–Kier alpha value is -1.07. The van der Waals surface area contributed by atoms with Crippen LogP contribution in [0.2, 0.25) is 0 Å². The van der Waals surface area contributed by atoms with Gasteiger partial charge in [-0.15, -0.1) is 0 Å². The van der Waals surface area contributed by atoms with Crippen LogP contribution in [0.4, 0.5) is 10.5 Å². The van der Waals surface area contributed by atoms with Crippen LogP contribution in [0.3, 0.4) is 0 Å². The number of benzene rings is 1. The van der Waals surface area contributed by atoms with Crippen LogP contribution >= 0.6 is 15.9 Å². The van der Waals surface area contributed by atoms with Gasteiger partial charge < -0.3 is 9.47 Å². The number of hydrogen-bond acceptors (Lipinski definition) is 3. The topological polar surface area (TPSA) is 50.9 Å². The fraction of sp³-hybridized carbons (Fsp3) is 0.588. The molecule has 3 aliphatic carbocycles.